The number of H-pyrrole nitrogens is 1. The lowest BCUT2D eigenvalue weighted by Gasteiger charge is -2.16. The second-order valence-corrected chi connectivity index (χ2v) is 9.31. The van der Waals surface area contributed by atoms with Gasteiger partial charge in [0.25, 0.3) is 0 Å². The predicted octanol–water partition coefficient (Wildman–Crippen LogP) is 3.42. The van der Waals surface area contributed by atoms with Crippen LogP contribution in [0.4, 0.5) is 0 Å². The van der Waals surface area contributed by atoms with E-state index in [0.717, 1.165) is 47.8 Å². The van der Waals surface area contributed by atoms with E-state index < -0.39 is 0 Å². The Morgan fingerprint density at radius 1 is 1.06 bits per heavy atom. The van der Waals surface area contributed by atoms with E-state index in [0.29, 0.717) is 24.5 Å². The highest BCUT2D eigenvalue weighted by Crippen LogP contribution is 2.34. The van der Waals surface area contributed by atoms with E-state index in [1.54, 1.807) is 4.57 Å². The molecule has 4 aromatic rings. The Kier molecular flexibility index (Phi) is 4.94. The number of para-hydroxylation sites is 1. The highest BCUT2D eigenvalue weighted by atomic mass is 16.3. The molecule has 0 radical (unpaired) electrons. The first-order valence-corrected chi connectivity index (χ1v) is 11.7. The molecule has 1 aliphatic carbocycles. The van der Waals surface area contributed by atoms with E-state index in [4.69, 9.17) is 0 Å². The van der Waals surface area contributed by atoms with Gasteiger partial charge in [-0.3, -0.25) is 9.36 Å². The number of fused-ring (bicyclic) bond motifs is 1. The fourth-order valence-electron chi connectivity index (χ4n) is 4.85. The maximum Gasteiger partial charge on any atom is 0.343 e. The van der Waals surface area contributed by atoms with Crippen LogP contribution < -0.4 is 5.69 Å². The molecule has 1 aliphatic heterocycles. The molecule has 1 atom stereocenters. The van der Waals surface area contributed by atoms with Gasteiger partial charge in [0.05, 0.1) is 5.52 Å². The molecule has 8 nitrogen and oxygen atoms in total. The number of nitrogens with one attached hydrogen (secondary N) is 1. The normalized spacial score (nSPS) is 18.0. The molecular formula is C26H25N5O3. The summed E-state index contributed by atoms with van der Waals surface area (Å²) in [5.41, 5.74) is 2.77. The topological polar surface area (TPSA) is 104 Å². The van der Waals surface area contributed by atoms with E-state index >= 15 is 0 Å². The van der Waals surface area contributed by atoms with Gasteiger partial charge in [0.1, 0.15) is 0 Å². The first kappa shape index (κ1) is 20.7. The van der Waals surface area contributed by atoms with Gasteiger partial charge in [0.2, 0.25) is 11.8 Å². The number of aromatic nitrogens is 4. The zero-order valence-electron chi connectivity index (χ0n) is 18.6. The number of aromatic hydroxyl groups is 1. The van der Waals surface area contributed by atoms with Crippen LogP contribution in [0.5, 0.6) is 5.88 Å². The number of carbonyl (C=O) groups excluding carboxylic acids is 1. The highest BCUT2D eigenvalue weighted by molar-refractivity contribution is 5.86. The smallest absolute Gasteiger partial charge is 0.343 e. The zero-order valence-corrected chi connectivity index (χ0v) is 18.6. The van der Waals surface area contributed by atoms with Gasteiger partial charge in [-0.2, -0.15) is 5.10 Å². The lowest BCUT2D eigenvalue weighted by molar-refractivity contribution is -0.131. The molecule has 2 fully saturated rings. The molecule has 1 saturated heterocycles. The Morgan fingerprint density at radius 3 is 2.62 bits per heavy atom. The molecule has 34 heavy (non-hydrogen) atoms. The van der Waals surface area contributed by atoms with Crippen molar-refractivity contribution in [3.8, 4) is 28.4 Å². The van der Waals surface area contributed by atoms with Crippen LogP contribution >= 0.6 is 0 Å². The molecule has 8 heteroatoms. The van der Waals surface area contributed by atoms with Crippen molar-refractivity contribution in [2.45, 2.75) is 25.8 Å². The SMILES string of the molecule is O=C(C1CC1)N1CC[C@@H](Cn2c(-c3ccc(-c4cc5ccccc5nc4O)cc3)n[nH]c2=O)C1. The third-order valence-corrected chi connectivity index (χ3v) is 6.88. The average molecular weight is 456 g/mol. The predicted molar refractivity (Wildman–Crippen MR) is 128 cm³/mol. The number of carbonyl (C=O) groups is 1. The first-order chi connectivity index (χ1) is 16.6. The molecule has 3 heterocycles. The molecule has 0 spiro atoms. The summed E-state index contributed by atoms with van der Waals surface area (Å²) in [6.45, 7) is 1.98. The van der Waals surface area contributed by atoms with Gasteiger partial charge < -0.3 is 10.0 Å². The Labute approximate surface area is 195 Å². The fraction of sp³-hybridized carbons (Fsp3) is 0.308. The standard InChI is InChI=1S/C26H25N5O3/c32-24-21(13-20-3-1-2-4-22(20)27-24)17-5-7-18(8-6-17)23-28-29-26(34)31(23)15-16-11-12-30(14-16)25(33)19-9-10-19/h1-8,13,16,19H,9-12,14-15H2,(H,27,32)(H,29,34)/t16-/m1/s1. The van der Waals surface area contributed by atoms with Crippen molar-refractivity contribution in [3.63, 3.8) is 0 Å². The summed E-state index contributed by atoms with van der Waals surface area (Å²) >= 11 is 0. The summed E-state index contributed by atoms with van der Waals surface area (Å²) in [6, 6.07) is 17.2. The van der Waals surface area contributed by atoms with Crippen molar-refractivity contribution >= 4 is 16.8 Å². The lowest BCUT2D eigenvalue weighted by Crippen LogP contribution is -2.31. The number of likely N-dealkylation sites (tertiary alicyclic amines) is 1. The zero-order chi connectivity index (χ0) is 23.2. The van der Waals surface area contributed by atoms with E-state index in [-0.39, 0.29) is 29.3 Å². The third-order valence-electron chi connectivity index (χ3n) is 6.88. The molecule has 2 aliphatic rings. The summed E-state index contributed by atoms with van der Waals surface area (Å²) < 4.78 is 1.67. The summed E-state index contributed by atoms with van der Waals surface area (Å²) in [5.74, 6) is 1.28. The van der Waals surface area contributed by atoms with Crippen LogP contribution in [-0.4, -0.2) is 48.8 Å². The van der Waals surface area contributed by atoms with Gasteiger partial charge in [0, 0.05) is 42.1 Å². The summed E-state index contributed by atoms with van der Waals surface area (Å²) in [5, 5.41) is 18.2. The van der Waals surface area contributed by atoms with Crippen LogP contribution in [0, 0.1) is 11.8 Å². The number of pyridine rings is 1. The maximum absolute atomic E-state index is 12.5. The minimum Gasteiger partial charge on any atom is -0.493 e. The number of rotatable bonds is 5. The van der Waals surface area contributed by atoms with Gasteiger partial charge >= 0.3 is 5.69 Å². The van der Waals surface area contributed by atoms with Crippen molar-refractivity contribution in [2.24, 2.45) is 11.8 Å². The molecule has 1 amide bonds. The van der Waals surface area contributed by atoms with Gasteiger partial charge in [-0.25, -0.2) is 14.9 Å². The first-order valence-electron chi connectivity index (χ1n) is 11.7. The van der Waals surface area contributed by atoms with Crippen molar-refractivity contribution in [2.75, 3.05) is 13.1 Å². The van der Waals surface area contributed by atoms with Crippen LogP contribution in [0.3, 0.4) is 0 Å². The minimum atomic E-state index is -0.248. The summed E-state index contributed by atoms with van der Waals surface area (Å²) in [4.78, 5) is 31.1. The molecule has 172 valence electrons. The number of hydrogen-bond donors (Lipinski definition) is 2. The Balaban J connectivity index is 1.24. The fourth-order valence-corrected chi connectivity index (χ4v) is 4.85. The molecule has 1 saturated carbocycles. The second kappa shape index (κ2) is 8.13. The summed E-state index contributed by atoms with van der Waals surface area (Å²) in [7, 11) is 0. The van der Waals surface area contributed by atoms with Gasteiger partial charge in [0.15, 0.2) is 5.82 Å². The van der Waals surface area contributed by atoms with Gasteiger partial charge in [-0.05, 0) is 42.9 Å². The van der Waals surface area contributed by atoms with Crippen molar-refractivity contribution in [3.05, 3.63) is 65.1 Å². The molecule has 6 rings (SSSR count). The molecule has 2 aromatic heterocycles. The van der Waals surface area contributed by atoms with Crippen molar-refractivity contribution in [1.29, 1.82) is 0 Å². The number of amides is 1. The van der Waals surface area contributed by atoms with Gasteiger partial charge in [-0.1, -0.05) is 42.5 Å². The highest BCUT2D eigenvalue weighted by Gasteiger charge is 2.36. The number of nitrogens with zero attached hydrogens (tertiary/aromatic N) is 4. The van der Waals surface area contributed by atoms with Crippen LogP contribution in [-0.2, 0) is 11.3 Å². The Bertz CT molecular complexity index is 1440. The number of hydrogen-bond acceptors (Lipinski definition) is 5. The third kappa shape index (κ3) is 3.75. The monoisotopic (exact) mass is 455 g/mol. The van der Waals surface area contributed by atoms with E-state index in [2.05, 4.69) is 15.2 Å². The van der Waals surface area contributed by atoms with Crippen LogP contribution in [0.1, 0.15) is 19.3 Å². The van der Waals surface area contributed by atoms with Crippen molar-refractivity contribution < 1.29 is 9.90 Å². The molecule has 2 N–H and O–H groups in total. The van der Waals surface area contributed by atoms with E-state index in [1.165, 1.54) is 0 Å². The molecule has 0 bridgehead atoms. The van der Waals surface area contributed by atoms with E-state index in [9.17, 15) is 14.7 Å². The number of aromatic amines is 1. The minimum absolute atomic E-state index is 0.0188. The van der Waals surface area contributed by atoms with Gasteiger partial charge in [-0.15, -0.1) is 0 Å². The Morgan fingerprint density at radius 2 is 1.82 bits per heavy atom. The number of benzene rings is 2. The van der Waals surface area contributed by atoms with Crippen LogP contribution in [0.25, 0.3) is 33.4 Å². The second-order valence-electron chi connectivity index (χ2n) is 9.31. The molecule has 0 unspecified atom stereocenters. The molecular weight excluding hydrogens is 430 g/mol. The van der Waals surface area contributed by atoms with Crippen LogP contribution in [0.2, 0.25) is 0 Å². The van der Waals surface area contributed by atoms with Crippen LogP contribution in [0.15, 0.2) is 59.4 Å². The Hall–Kier alpha value is -3.94. The molecule has 2 aromatic carbocycles. The lowest BCUT2D eigenvalue weighted by atomic mass is 10.0. The quantitative estimate of drug-likeness (QED) is 0.480. The van der Waals surface area contributed by atoms with Crippen molar-refractivity contribution in [1.82, 2.24) is 24.6 Å². The summed E-state index contributed by atoms with van der Waals surface area (Å²) in [6.07, 6.45) is 2.91. The van der Waals surface area contributed by atoms with E-state index in [1.807, 2.05) is 59.5 Å². The average Bonchev–Trinajstić information content (AvgIpc) is 3.50. The maximum atomic E-state index is 12.5. The largest absolute Gasteiger partial charge is 0.493 e.